The average Bonchev–Trinajstić information content (AvgIpc) is 3.32. The molecule has 7 nitrogen and oxygen atoms in total. The number of hydrogen-bond acceptors (Lipinski definition) is 4. The summed E-state index contributed by atoms with van der Waals surface area (Å²) in [5.41, 5.74) is 3.62. The lowest BCUT2D eigenvalue weighted by molar-refractivity contribution is 0.137. The first-order chi connectivity index (χ1) is 13.6. The maximum atomic E-state index is 12.8. The van der Waals surface area contributed by atoms with Gasteiger partial charge >= 0.3 is 6.03 Å². The quantitative estimate of drug-likeness (QED) is 0.754. The summed E-state index contributed by atoms with van der Waals surface area (Å²) in [6.07, 6.45) is 1.69. The van der Waals surface area contributed by atoms with Crippen molar-refractivity contribution in [1.29, 1.82) is 0 Å². The molecule has 1 aromatic carbocycles. The van der Waals surface area contributed by atoms with Crippen LogP contribution in [0.15, 0.2) is 53.1 Å². The Bertz CT molecular complexity index is 940. The highest BCUT2D eigenvalue weighted by Gasteiger charge is 2.22. The highest BCUT2D eigenvalue weighted by atomic mass is 16.3. The monoisotopic (exact) mass is 379 g/mol. The Kier molecular flexibility index (Phi) is 5.16. The first-order valence-corrected chi connectivity index (χ1v) is 9.53. The molecule has 1 aliphatic rings. The molecular formula is C21H25N5O2. The summed E-state index contributed by atoms with van der Waals surface area (Å²) in [7, 11) is 0. The van der Waals surface area contributed by atoms with Crippen LogP contribution in [0.2, 0.25) is 0 Å². The van der Waals surface area contributed by atoms with Crippen LogP contribution in [0.1, 0.15) is 17.1 Å². The fourth-order valence-electron chi connectivity index (χ4n) is 3.56. The lowest BCUT2D eigenvalue weighted by Gasteiger charge is -2.34. The first kappa shape index (κ1) is 18.3. The molecule has 1 N–H and O–H groups in total. The van der Waals surface area contributed by atoms with E-state index in [1.54, 1.807) is 6.26 Å². The van der Waals surface area contributed by atoms with Crippen LogP contribution in [0.5, 0.6) is 0 Å². The minimum Gasteiger partial charge on any atom is -0.468 e. The number of furan rings is 1. The minimum absolute atomic E-state index is 0.0772. The number of rotatable bonds is 4. The van der Waals surface area contributed by atoms with Gasteiger partial charge in [0, 0.05) is 31.9 Å². The number of amides is 2. The van der Waals surface area contributed by atoms with Crippen LogP contribution in [0.4, 0.5) is 10.5 Å². The van der Waals surface area contributed by atoms with E-state index in [-0.39, 0.29) is 6.03 Å². The third-order valence-electron chi connectivity index (χ3n) is 5.00. The van der Waals surface area contributed by atoms with Crippen LogP contribution in [-0.4, -0.2) is 51.8 Å². The number of anilines is 1. The van der Waals surface area contributed by atoms with Crippen molar-refractivity contribution < 1.29 is 9.21 Å². The summed E-state index contributed by atoms with van der Waals surface area (Å²) >= 11 is 0. The molecule has 7 heteroatoms. The summed E-state index contributed by atoms with van der Waals surface area (Å²) in [5.74, 6) is 0.955. The molecule has 2 amide bonds. The van der Waals surface area contributed by atoms with E-state index >= 15 is 0 Å². The smallest absolute Gasteiger partial charge is 0.321 e. The minimum atomic E-state index is -0.0772. The van der Waals surface area contributed by atoms with Crippen molar-refractivity contribution in [3.05, 3.63) is 65.9 Å². The van der Waals surface area contributed by atoms with Crippen LogP contribution in [-0.2, 0) is 6.54 Å². The molecule has 0 atom stereocenters. The van der Waals surface area contributed by atoms with Gasteiger partial charge in [0.05, 0.1) is 29.9 Å². The molecule has 146 valence electrons. The third kappa shape index (κ3) is 3.94. The zero-order valence-electron chi connectivity index (χ0n) is 16.3. The van der Waals surface area contributed by atoms with Crippen molar-refractivity contribution in [3.8, 4) is 5.69 Å². The van der Waals surface area contributed by atoms with Crippen LogP contribution in [0.25, 0.3) is 5.69 Å². The number of hydrogen-bond donors (Lipinski definition) is 1. The maximum absolute atomic E-state index is 12.8. The number of para-hydroxylation sites is 2. The lowest BCUT2D eigenvalue weighted by atomic mass is 10.2. The summed E-state index contributed by atoms with van der Waals surface area (Å²) in [4.78, 5) is 17.0. The molecule has 0 aliphatic carbocycles. The van der Waals surface area contributed by atoms with Gasteiger partial charge in [-0.05, 0) is 44.2 Å². The average molecular weight is 379 g/mol. The Hall–Kier alpha value is -3.06. The number of nitrogens with zero attached hydrogens (tertiary/aromatic N) is 4. The number of benzene rings is 1. The topological polar surface area (TPSA) is 66.5 Å². The van der Waals surface area contributed by atoms with Crippen LogP contribution < -0.4 is 5.32 Å². The number of carbonyl (C=O) groups is 1. The fraction of sp³-hybridized carbons (Fsp3) is 0.333. The Morgan fingerprint density at radius 3 is 2.57 bits per heavy atom. The van der Waals surface area contributed by atoms with Gasteiger partial charge in [-0.3, -0.25) is 4.90 Å². The Morgan fingerprint density at radius 2 is 1.89 bits per heavy atom. The summed E-state index contributed by atoms with van der Waals surface area (Å²) < 4.78 is 7.28. The van der Waals surface area contributed by atoms with Gasteiger partial charge in [0.15, 0.2) is 0 Å². The number of aromatic nitrogens is 2. The molecule has 0 saturated carbocycles. The zero-order chi connectivity index (χ0) is 19.5. The predicted octanol–water partition coefficient (Wildman–Crippen LogP) is 3.43. The van der Waals surface area contributed by atoms with Crippen molar-refractivity contribution in [2.45, 2.75) is 20.4 Å². The lowest BCUT2D eigenvalue weighted by Crippen LogP contribution is -2.49. The van der Waals surface area contributed by atoms with E-state index in [4.69, 9.17) is 4.42 Å². The Morgan fingerprint density at radius 1 is 1.11 bits per heavy atom. The predicted molar refractivity (Wildman–Crippen MR) is 108 cm³/mol. The van der Waals surface area contributed by atoms with E-state index in [1.807, 2.05) is 65.9 Å². The second kappa shape index (κ2) is 7.90. The molecule has 0 spiro atoms. The van der Waals surface area contributed by atoms with Crippen molar-refractivity contribution in [3.63, 3.8) is 0 Å². The van der Waals surface area contributed by atoms with Crippen molar-refractivity contribution in [2.24, 2.45) is 0 Å². The molecule has 0 bridgehead atoms. The molecule has 28 heavy (non-hydrogen) atoms. The second-order valence-corrected chi connectivity index (χ2v) is 7.13. The van der Waals surface area contributed by atoms with E-state index in [9.17, 15) is 4.79 Å². The number of urea groups is 1. The SMILES string of the molecule is Cc1cc(C)n(-c2ccccc2NC(=O)N2CCN(Cc3ccco3)CC2)n1. The molecule has 1 saturated heterocycles. The molecule has 0 radical (unpaired) electrons. The molecule has 3 heterocycles. The largest absolute Gasteiger partial charge is 0.468 e. The van der Waals surface area contributed by atoms with E-state index in [1.165, 1.54) is 0 Å². The van der Waals surface area contributed by atoms with Gasteiger partial charge in [0.1, 0.15) is 5.76 Å². The highest BCUT2D eigenvalue weighted by molar-refractivity contribution is 5.91. The Balaban J connectivity index is 1.40. The number of aryl methyl sites for hydroxylation is 2. The molecule has 4 rings (SSSR count). The molecule has 2 aromatic heterocycles. The fourth-order valence-corrected chi connectivity index (χ4v) is 3.56. The summed E-state index contributed by atoms with van der Waals surface area (Å²) in [6.45, 7) is 7.79. The molecular weight excluding hydrogens is 354 g/mol. The van der Waals surface area contributed by atoms with Gasteiger partial charge in [-0.2, -0.15) is 5.10 Å². The molecule has 0 unspecified atom stereocenters. The van der Waals surface area contributed by atoms with Crippen molar-refractivity contribution >= 4 is 11.7 Å². The number of carbonyl (C=O) groups excluding carboxylic acids is 1. The van der Waals surface area contributed by atoms with Crippen molar-refractivity contribution in [1.82, 2.24) is 19.6 Å². The van der Waals surface area contributed by atoms with Gasteiger partial charge in [0.25, 0.3) is 0 Å². The van der Waals surface area contributed by atoms with Gasteiger partial charge in [0.2, 0.25) is 0 Å². The normalized spacial score (nSPS) is 15.0. The Labute approximate surface area is 164 Å². The van der Waals surface area contributed by atoms with Gasteiger partial charge < -0.3 is 14.6 Å². The van der Waals surface area contributed by atoms with Crippen LogP contribution >= 0.6 is 0 Å². The molecule has 1 fully saturated rings. The summed E-state index contributed by atoms with van der Waals surface area (Å²) in [6, 6.07) is 13.6. The van der Waals surface area contributed by atoms with E-state index < -0.39 is 0 Å². The molecule has 1 aliphatic heterocycles. The maximum Gasteiger partial charge on any atom is 0.321 e. The van der Waals surface area contributed by atoms with E-state index in [0.29, 0.717) is 13.1 Å². The number of nitrogens with one attached hydrogen (secondary N) is 1. The van der Waals surface area contributed by atoms with Crippen LogP contribution in [0, 0.1) is 13.8 Å². The first-order valence-electron chi connectivity index (χ1n) is 9.53. The van der Waals surface area contributed by atoms with E-state index in [0.717, 1.165) is 48.2 Å². The standard InChI is InChI=1S/C21H25N5O2/c1-16-14-17(2)26(23-16)20-8-4-3-7-19(20)22-21(27)25-11-9-24(10-12-25)15-18-6-5-13-28-18/h3-8,13-14H,9-12,15H2,1-2H3,(H,22,27). The zero-order valence-corrected chi connectivity index (χ0v) is 16.3. The van der Waals surface area contributed by atoms with E-state index in [2.05, 4.69) is 15.3 Å². The van der Waals surface area contributed by atoms with Gasteiger partial charge in [-0.15, -0.1) is 0 Å². The highest BCUT2D eigenvalue weighted by Crippen LogP contribution is 2.22. The van der Waals surface area contributed by atoms with Crippen molar-refractivity contribution in [2.75, 3.05) is 31.5 Å². The van der Waals surface area contributed by atoms with Gasteiger partial charge in [-0.1, -0.05) is 12.1 Å². The number of piperazine rings is 1. The molecule has 3 aromatic rings. The summed E-state index contributed by atoms with van der Waals surface area (Å²) in [5, 5.41) is 7.61. The second-order valence-electron chi connectivity index (χ2n) is 7.13. The van der Waals surface area contributed by atoms with Crippen LogP contribution in [0.3, 0.4) is 0 Å². The third-order valence-corrected chi connectivity index (χ3v) is 5.00. The van der Waals surface area contributed by atoms with Gasteiger partial charge in [-0.25, -0.2) is 9.48 Å².